The monoisotopic (exact) mass is 419 g/mol. The van der Waals surface area contributed by atoms with Crippen molar-refractivity contribution < 1.29 is 0 Å². The van der Waals surface area contributed by atoms with E-state index in [1.54, 1.807) is 22.3 Å². The Morgan fingerprint density at radius 1 is 0.962 bits per heavy atom. The standard InChI is InChI=1S/C19H12Cl3N3S/c1-26-16-10-15(22)23-19-17(11-6-8-12(20)9-7-11)18(24-25(16)19)13-4-2-3-5-14(13)21/h2-10H,1H3. The van der Waals surface area contributed by atoms with E-state index >= 15 is 0 Å². The van der Waals surface area contributed by atoms with Crippen LogP contribution in [-0.2, 0) is 0 Å². The number of halogens is 3. The third-order valence-corrected chi connectivity index (χ3v) is 5.48. The highest BCUT2D eigenvalue weighted by Crippen LogP contribution is 2.39. The number of thioether (sulfide) groups is 1. The molecule has 0 amide bonds. The second-order valence-electron chi connectivity index (χ2n) is 5.57. The maximum atomic E-state index is 6.45. The van der Waals surface area contributed by atoms with Gasteiger partial charge in [-0.1, -0.05) is 65.1 Å². The molecule has 2 heterocycles. The minimum Gasteiger partial charge on any atom is -0.216 e. The Labute approximate surface area is 169 Å². The smallest absolute Gasteiger partial charge is 0.166 e. The number of benzene rings is 2. The maximum Gasteiger partial charge on any atom is 0.166 e. The van der Waals surface area contributed by atoms with Crippen molar-refractivity contribution in [2.24, 2.45) is 0 Å². The van der Waals surface area contributed by atoms with Crippen molar-refractivity contribution in [3.63, 3.8) is 0 Å². The molecule has 0 saturated carbocycles. The molecule has 0 aliphatic rings. The van der Waals surface area contributed by atoms with Gasteiger partial charge in [-0.3, -0.25) is 0 Å². The SMILES string of the molecule is CSc1cc(Cl)nc2c(-c3ccc(Cl)cc3)c(-c3ccccc3Cl)nn12. The maximum absolute atomic E-state index is 6.45. The molecule has 130 valence electrons. The number of rotatable bonds is 3. The van der Waals surface area contributed by atoms with Crippen LogP contribution in [0.2, 0.25) is 15.2 Å². The molecule has 0 bridgehead atoms. The first-order valence-electron chi connectivity index (χ1n) is 7.72. The summed E-state index contributed by atoms with van der Waals surface area (Å²) in [6.45, 7) is 0. The highest BCUT2D eigenvalue weighted by molar-refractivity contribution is 7.98. The van der Waals surface area contributed by atoms with Crippen molar-refractivity contribution in [2.45, 2.75) is 5.03 Å². The summed E-state index contributed by atoms with van der Waals surface area (Å²) in [5.74, 6) is 0. The lowest BCUT2D eigenvalue weighted by Gasteiger charge is -2.06. The molecule has 0 saturated heterocycles. The highest BCUT2D eigenvalue weighted by atomic mass is 35.5. The molecule has 0 aliphatic carbocycles. The predicted octanol–water partition coefficient (Wildman–Crippen LogP) is 6.75. The van der Waals surface area contributed by atoms with E-state index in [1.165, 1.54) is 0 Å². The normalized spacial score (nSPS) is 11.2. The molecule has 0 atom stereocenters. The zero-order valence-electron chi connectivity index (χ0n) is 13.6. The van der Waals surface area contributed by atoms with Crippen molar-refractivity contribution in [1.82, 2.24) is 14.6 Å². The van der Waals surface area contributed by atoms with E-state index in [1.807, 2.05) is 54.8 Å². The molecule has 0 N–H and O–H groups in total. The Kier molecular flexibility index (Phi) is 4.84. The number of aromatic nitrogens is 3. The molecular formula is C19H12Cl3N3S. The third kappa shape index (κ3) is 3.08. The first-order chi connectivity index (χ1) is 12.6. The summed E-state index contributed by atoms with van der Waals surface area (Å²) in [6.07, 6.45) is 1.98. The largest absolute Gasteiger partial charge is 0.216 e. The average Bonchev–Trinajstić information content (AvgIpc) is 3.01. The molecule has 26 heavy (non-hydrogen) atoms. The minimum absolute atomic E-state index is 0.419. The summed E-state index contributed by atoms with van der Waals surface area (Å²) >= 11 is 20.3. The summed E-state index contributed by atoms with van der Waals surface area (Å²) < 4.78 is 1.80. The molecule has 2 aromatic heterocycles. The first-order valence-corrected chi connectivity index (χ1v) is 10.1. The molecule has 0 radical (unpaired) electrons. The molecular weight excluding hydrogens is 409 g/mol. The van der Waals surface area contributed by atoms with Crippen molar-refractivity contribution in [2.75, 3.05) is 6.26 Å². The van der Waals surface area contributed by atoms with E-state index in [-0.39, 0.29) is 0 Å². The van der Waals surface area contributed by atoms with Crippen LogP contribution in [0.15, 0.2) is 59.6 Å². The molecule has 0 spiro atoms. The van der Waals surface area contributed by atoms with Crippen LogP contribution in [-0.4, -0.2) is 20.9 Å². The molecule has 0 unspecified atom stereocenters. The second kappa shape index (κ2) is 7.12. The van der Waals surface area contributed by atoms with Crippen LogP contribution in [0.25, 0.3) is 28.0 Å². The van der Waals surface area contributed by atoms with Crippen LogP contribution in [0.1, 0.15) is 0 Å². The van der Waals surface area contributed by atoms with Gasteiger partial charge < -0.3 is 0 Å². The van der Waals surface area contributed by atoms with Gasteiger partial charge in [-0.15, -0.1) is 11.8 Å². The van der Waals surface area contributed by atoms with Crippen LogP contribution in [0, 0.1) is 0 Å². The van der Waals surface area contributed by atoms with Crippen molar-refractivity contribution in [3.05, 3.63) is 69.8 Å². The van der Waals surface area contributed by atoms with Gasteiger partial charge in [0.2, 0.25) is 0 Å². The zero-order valence-corrected chi connectivity index (χ0v) is 16.7. The lowest BCUT2D eigenvalue weighted by molar-refractivity contribution is 0.848. The van der Waals surface area contributed by atoms with Crippen molar-refractivity contribution in [1.29, 1.82) is 0 Å². The Morgan fingerprint density at radius 3 is 2.38 bits per heavy atom. The summed E-state index contributed by atoms with van der Waals surface area (Å²) in [5.41, 5.74) is 4.09. The molecule has 4 rings (SSSR count). The van der Waals surface area contributed by atoms with E-state index < -0.39 is 0 Å². The molecule has 0 fully saturated rings. The van der Waals surface area contributed by atoms with Gasteiger partial charge in [0.05, 0.1) is 10.6 Å². The van der Waals surface area contributed by atoms with E-state index in [9.17, 15) is 0 Å². The van der Waals surface area contributed by atoms with Gasteiger partial charge in [0.15, 0.2) is 5.65 Å². The highest BCUT2D eigenvalue weighted by Gasteiger charge is 2.21. The summed E-state index contributed by atoms with van der Waals surface area (Å²) in [5, 5.41) is 7.42. The van der Waals surface area contributed by atoms with Gasteiger partial charge in [0.25, 0.3) is 0 Å². The lowest BCUT2D eigenvalue weighted by atomic mass is 10.0. The third-order valence-electron chi connectivity index (χ3n) is 4.00. The van der Waals surface area contributed by atoms with E-state index in [2.05, 4.69) is 4.98 Å². The predicted molar refractivity (Wildman–Crippen MR) is 111 cm³/mol. The Balaban J connectivity index is 2.12. The number of hydrogen-bond donors (Lipinski definition) is 0. The van der Waals surface area contributed by atoms with Crippen LogP contribution in [0.4, 0.5) is 0 Å². The minimum atomic E-state index is 0.419. The average molecular weight is 421 g/mol. The topological polar surface area (TPSA) is 30.2 Å². The van der Waals surface area contributed by atoms with E-state index in [0.717, 1.165) is 27.4 Å². The van der Waals surface area contributed by atoms with E-state index in [0.29, 0.717) is 20.8 Å². The fraction of sp³-hybridized carbons (Fsp3) is 0.0526. The Hall–Kier alpha value is -1.72. The first kappa shape index (κ1) is 17.7. The van der Waals surface area contributed by atoms with Crippen LogP contribution >= 0.6 is 46.6 Å². The molecule has 3 nitrogen and oxygen atoms in total. The van der Waals surface area contributed by atoms with Crippen LogP contribution in [0.3, 0.4) is 0 Å². The van der Waals surface area contributed by atoms with Gasteiger partial charge in [0.1, 0.15) is 15.9 Å². The Morgan fingerprint density at radius 2 is 1.69 bits per heavy atom. The quantitative estimate of drug-likeness (QED) is 0.271. The number of hydrogen-bond acceptors (Lipinski definition) is 3. The van der Waals surface area contributed by atoms with Gasteiger partial charge in [-0.2, -0.15) is 5.10 Å². The molecule has 2 aromatic carbocycles. The molecule has 4 aromatic rings. The molecule has 0 aliphatic heterocycles. The van der Waals surface area contributed by atoms with Gasteiger partial charge in [0, 0.05) is 16.7 Å². The van der Waals surface area contributed by atoms with Gasteiger partial charge in [-0.25, -0.2) is 9.50 Å². The number of fused-ring (bicyclic) bond motifs is 1. The fourth-order valence-electron chi connectivity index (χ4n) is 2.83. The zero-order chi connectivity index (χ0) is 18.3. The van der Waals surface area contributed by atoms with Crippen LogP contribution in [0.5, 0.6) is 0 Å². The molecule has 7 heteroatoms. The summed E-state index contributed by atoms with van der Waals surface area (Å²) in [6, 6.07) is 17.0. The lowest BCUT2D eigenvalue weighted by Crippen LogP contribution is -1.95. The second-order valence-corrected chi connectivity index (χ2v) is 7.62. The van der Waals surface area contributed by atoms with Crippen molar-refractivity contribution >= 4 is 52.2 Å². The van der Waals surface area contributed by atoms with Crippen molar-refractivity contribution in [3.8, 4) is 22.4 Å². The summed E-state index contributed by atoms with van der Waals surface area (Å²) in [4.78, 5) is 4.54. The fourth-order valence-corrected chi connectivity index (χ4v) is 3.96. The summed E-state index contributed by atoms with van der Waals surface area (Å²) in [7, 11) is 0. The van der Waals surface area contributed by atoms with Crippen LogP contribution < -0.4 is 0 Å². The van der Waals surface area contributed by atoms with Gasteiger partial charge >= 0.3 is 0 Å². The Bertz CT molecular complexity index is 1110. The van der Waals surface area contributed by atoms with E-state index in [4.69, 9.17) is 39.9 Å². The van der Waals surface area contributed by atoms with Gasteiger partial charge in [-0.05, 0) is 30.0 Å². The number of nitrogens with zero attached hydrogens (tertiary/aromatic N) is 3.